The normalized spacial score (nSPS) is 12.7. The molecule has 0 saturated heterocycles. The van der Waals surface area contributed by atoms with E-state index in [1.807, 2.05) is 24.3 Å². The molecule has 0 saturated carbocycles. The first-order valence-electron chi connectivity index (χ1n) is 7.53. The maximum absolute atomic E-state index is 10.2. The van der Waals surface area contributed by atoms with Gasteiger partial charge in [0.05, 0.1) is 1.37 Å². The van der Waals surface area contributed by atoms with Gasteiger partial charge in [0.1, 0.15) is 5.75 Å². The molecule has 5 aromatic rings. The summed E-state index contributed by atoms with van der Waals surface area (Å²) >= 11 is 0. The second-order valence-corrected chi connectivity index (χ2v) is 5.52. The molecule has 0 radical (unpaired) electrons. The Kier molecular flexibility index (Phi) is 1.74. The van der Waals surface area contributed by atoms with E-state index in [1.54, 1.807) is 0 Å². The Hall–Kier alpha value is -2.80. The molecule has 0 spiro atoms. The molecule has 0 aliphatic rings. The van der Waals surface area contributed by atoms with Crippen LogP contribution in [0.5, 0.6) is 5.75 Å². The van der Waals surface area contributed by atoms with Gasteiger partial charge in [0.15, 0.2) is 0 Å². The Morgan fingerprint density at radius 3 is 2.38 bits per heavy atom. The monoisotopic (exact) mass is 269 g/mol. The van der Waals surface area contributed by atoms with Gasteiger partial charge in [-0.05, 0) is 44.5 Å². The van der Waals surface area contributed by atoms with Crippen molar-refractivity contribution in [2.45, 2.75) is 0 Å². The molecule has 0 bridgehead atoms. The van der Waals surface area contributed by atoms with Crippen LogP contribution in [0.25, 0.3) is 43.1 Å². The highest BCUT2D eigenvalue weighted by atomic mass is 16.3. The predicted molar refractivity (Wildman–Crippen MR) is 89.3 cm³/mol. The molecule has 1 N–H and O–H groups in total. The van der Waals surface area contributed by atoms with E-state index in [9.17, 15) is 5.11 Å². The van der Waals surface area contributed by atoms with Crippen LogP contribution in [0, 0.1) is 0 Å². The molecule has 0 atom stereocenters. The van der Waals surface area contributed by atoms with E-state index in [4.69, 9.17) is 1.37 Å². The zero-order chi connectivity index (χ0) is 14.8. The van der Waals surface area contributed by atoms with Crippen molar-refractivity contribution in [3.05, 3.63) is 66.7 Å². The van der Waals surface area contributed by atoms with Gasteiger partial charge in [-0.2, -0.15) is 0 Å². The molecule has 5 aromatic carbocycles. The van der Waals surface area contributed by atoms with Gasteiger partial charge in [0.25, 0.3) is 0 Å². The molecule has 0 aromatic heterocycles. The number of phenols is 1. The van der Waals surface area contributed by atoms with Crippen LogP contribution < -0.4 is 0 Å². The van der Waals surface area contributed by atoms with Gasteiger partial charge in [-0.3, -0.25) is 0 Å². The van der Waals surface area contributed by atoms with Crippen LogP contribution in [0.15, 0.2) is 66.7 Å². The summed E-state index contributed by atoms with van der Waals surface area (Å²) in [6.07, 6.45) is 0. The summed E-state index contributed by atoms with van der Waals surface area (Å²) < 4.78 is 8.15. The fourth-order valence-corrected chi connectivity index (χ4v) is 3.46. The lowest BCUT2D eigenvalue weighted by atomic mass is 9.91. The van der Waals surface area contributed by atoms with Gasteiger partial charge >= 0.3 is 0 Å². The summed E-state index contributed by atoms with van der Waals surface area (Å²) in [4.78, 5) is 0. The summed E-state index contributed by atoms with van der Waals surface area (Å²) in [6, 6.07) is 20.5. The molecule has 1 nitrogen and oxygen atoms in total. The minimum atomic E-state index is 0.181. The highest BCUT2D eigenvalue weighted by molar-refractivity contribution is 6.29. The van der Waals surface area contributed by atoms with Gasteiger partial charge in [-0.25, -0.2) is 0 Å². The minimum absolute atomic E-state index is 0.181. The van der Waals surface area contributed by atoms with Gasteiger partial charge in [-0.15, -0.1) is 0 Å². The molecule has 0 fully saturated rings. The second-order valence-electron chi connectivity index (χ2n) is 5.52. The second kappa shape index (κ2) is 3.64. The van der Waals surface area contributed by atoms with Crippen molar-refractivity contribution >= 4 is 43.1 Å². The smallest absolute Gasteiger partial charge is 0.123 e. The van der Waals surface area contributed by atoms with Crippen LogP contribution in [0.2, 0.25) is 0 Å². The van der Waals surface area contributed by atoms with Gasteiger partial charge in [0.2, 0.25) is 0 Å². The van der Waals surface area contributed by atoms with Crippen molar-refractivity contribution in [1.29, 1.82) is 0 Å². The van der Waals surface area contributed by atoms with E-state index >= 15 is 0 Å². The lowest BCUT2D eigenvalue weighted by Gasteiger charge is -2.13. The third-order valence-corrected chi connectivity index (χ3v) is 4.40. The summed E-state index contributed by atoms with van der Waals surface area (Å²) in [7, 11) is 0. The van der Waals surface area contributed by atoms with Gasteiger partial charge in [-0.1, -0.05) is 54.6 Å². The van der Waals surface area contributed by atoms with Crippen LogP contribution in [-0.4, -0.2) is 5.11 Å². The number of aromatic hydroxyl groups is 1. The average molecular weight is 269 g/mol. The topological polar surface area (TPSA) is 20.2 Å². The molecule has 5 rings (SSSR count). The van der Waals surface area contributed by atoms with Crippen molar-refractivity contribution in [3.8, 4) is 5.75 Å². The van der Waals surface area contributed by atoms with Crippen LogP contribution in [0.3, 0.4) is 0 Å². The third kappa shape index (κ3) is 1.30. The number of hydrogen-bond acceptors (Lipinski definition) is 1. The maximum Gasteiger partial charge on any atom is 0.123 e. The lowest BCUT2D eigenvalue weighted by Crippen LogP contribution is -1.85. The summed E-state index contributed by atoms with van der Waals surface area (Å²) in [6.45, 7) is 0. The highest BCUT2D eigenvalue weighted by Crippen LogP contribution is 2.40. The van der Waals surface area contributed by atoms with E-state index in [0.717, 1.165) is 26.9 Å². The summed E-state index contributed by atoms with van der Waals surface area (Å²) in [5.74, 6) is 0.181. The van der Waals surface area contributed by atoms with Crippen molar-refractivity contribution in [2.24, 2.45) is 0 Å². The SMILES string of the molecule is [2H]c1cc(O)c2ccc3cc4ccccc4c4ccc1c2c34. The molecule has 21 heavy (non-hydrogen) atoms. The van der Waals surface area contributed by atoms with E-state index in [2.05, 4.69) is 30.3 Å². The Labute approximate surface area is 122 Å². The molecule has 0 unspecified atom stereocenters. The molecule has 0 heterocycles. The number of rotatable bonds is 0. The fourth-order valence-electron chi connectivity index (χ4n) is 3.46. The Morgan fingerprint density at radius 2 is 1.43 bits per heavy atom. The Balaban J connectivity index is 2.21. The minimum Gasteiger partial charge on any atom is -0.507 e. The summed E-state index contributed by atoms with van der Waals surface area (Å²) in [5.41, 5.74) is 0. The number of phenolic OH excluding ortho intramolecular Hbond substituents is 1. The van der Waals surface area contributed by atoms with Crippen molar-refractivity contribution in [1.82, 2.24) is 0 Å². The van der Waals surface area contributed by atoms with E-state index in [0.29, 0.717) is 6.04 Å². The van der Waals surface area contributed by atoms with E-state index in [-0.39, 0.29) is 5.75 Å². The van der Waals surface area contributed by atoms with Gasteiger partial charge < -0.3 is 5.11 Å². The standard InChI is InChI=1S/C20H12O/c21-18-10-7-12-5-8-16-15-4-2-1-3-13(15)11-14-6-9-17(18)19(12)20(14)16/h1-11,21H/i7D. The molecule has 0 aliphatic carbocycles. The van der Waals surface area contributed by atoms with Crippen LogP contribution >= 0.6 is 0 Å². The zero-order valence-electron chi connectivity index (χ0n) is 12.2. The molecule has 0 amide bonds. The van der Waals surface area contributed by atoms with Crippen LogP contribution in [0.4, 0.5) is 0 Å². The highest BCUT2D eigenvalue weighted by Gasteiger charge is 2.12. The zero-order valence-corrected chi connectivity index (χ0v) is 11.2. The number of hydrogen-bond donors (Lipinski definition) is 1. The summed E-state index contributed by atoms with van der Waals surface area (Å²) in [5, 5.41) is 18.8. The van der Waals surface area contributed by atoms with Crippen molar-refractivity contribution in [3.63, 3.8) is 0 Å². The number of benzene rings is 5. The molecular formula is C20H12O. The van der Waals surface area contributed by atoms with Crippen LogP contribution in [0.1, 0.15) is 1.37 Å². The number of fused-ring (bicyclic) bond motifs is 2. The maximum atomic E-state index is 10.2. The Morgan fingerprint density at radius 1 is 0.667 bits per heavy atom. The third-order valence-electron chi connectivity index (χ3n) is 4.40. The van der Waals surface area contributed by atoms with Crippen LogP contribution in [-0.2, 0) is 0 Å². The first kappa shape index (κ1) is 10.0. The molecule has 0 aliphatic heterocycles. The quantitative estimate of drug-likeness (QED) is 0.293. The van der Waals surface area contributed by atoms with Gasteiger partial charge in [0, 0.05) is 10.8 Å². The molecule has 98 valence electrons. The van der Waals surface area contributed by atoms with E-state index in [1.165, 1.54) is 22.2 Å². The molecule has 1 heteroatoms. The first-order valence-corrected chi connectivity index (χ1v) is 7.03. The largest absolute Gasteiger partial charge is 0.507 e. The van der Waals surface area contributed by atoms with Crippen molar-refractivity contribution in [2.75, 3.05) is 0 Å². The molecular weight excluding hydrogens is 256 g/mol. The van der Waals surface area contributed by atoms with E-state index < -0.39 is 0 Å². The lowest BCUT2D eigenvalue weighted by molar-refractivity contribution is 0.482. The Bertz CT molecular complexity index is 1170. The first-order chi connectivity index (χ1) is 10.7. The van der Waals surface area contributed by atoms with Crippen molar-refractivity contribution < 1.29 is 6.48 Å². The average Bonchev–Trinajstić information content (AvgIpc) is 2.54. The predicted octanol–water partition coefficient (Wildman–Crippen LogP) is 5.44. The fraction of sp³-hybridized carbons (Fsp3) is 0.